The smallest absolute Gasteiger partial charge is 0.338 e. The van der Waals surface area contributed by atoms with E-state index in [1.807, 2.05) is 13.8 Å². The van der Waals surface area contributed by atoms with E-state index in [1.54, 1.807) is 0 Å². The summed E-state index contributed by atoms with van der Waals surface area (Å²) < 4.78 is 29.0. The van der Waals surface area contributed by atoms with E-state index < -0.39 is 36.4 Å². The van der Waals surface area contributed by atoms with Crippen molar-refractivity contribution in [3.8, 4) is 5.75 Å². The van der Waals surface area contributed by atoms with E-state index in [2.05, 4.69) is 0 Å². The number of carbonyl (C=O) groups is 1. The SMILES string of the molecule is CCO[C@@H]1C[C@H]2[C@H](OC(=O)c3ccc(O)cc3)[C@@H]3O[C@]3(CO)[C@H]2[C@@H](OCC)O1. The Hall–Kier alpha value is -1.71. The first-order valence-corrected chi connectivity index (χ1v) is 9.71. The lowest BCUT2D eigenvalue weighted by Crippen LogP contribution is -2.50. The van der Waals surface area contributed by atoms with E-state index in [0.29, 0.717) is 25.2 Å². The van der Waals surface area contributed by atoms with Gasteiger partial charge in [-0.05, 0) is 38.1 Å². The van der Waals surface area contributed by atoms with Crippen LogP contribution in [-0.2, 0) is 23.7 Å². The number of aliphatic hydroxyl groups is 1. The molecule has 2 heterocycles. The Morgan fingerprint density at radius 2 is 1.93 bits per heavy atom. The molecule has 154 valence electrons. The van der Waals surface area contributed by atoms with Gasteiger partial charge < -0.3 is 33.9 Å². The number of benzene rings is 1. The van der Waals surface area contributed by atoms with E-state index in [-0.39, 0.29) is 24.2 Å². The van der Waals surface area contributed by atoms with Crippen LogP contribution in [0.15, 0.2) is 24.3 Å². The molecule has 2 saturated heterocycles. The first kappa shape index (κ1) is 19.6. The summed E-state index contributed by atoms with van der Waals surface area (Å²) in [7, 11) is 0. The normalized spacial score (nSPS) is 38.5. The third-order valence-electron chi connectivity index (χ3n) is 5.84. The number of rotatable bonds is 7. The molecule has 8 heteroatoms. The summed E-state index contributed by atoms with van der Waals surface area (Å²) >= 11 is 0. The van der Waals surface area contributed by atoms with Gasteiger partial charge >= 0.3 is 5.97 Å². The maximum absolute atomic E-state index is 12.6. The molecule has 28 heavy (non-hydrogen) atoms. The highest BCUT2D eigenvalue weighted by Gasteiger charge is 2.77. The molecule has 2 aliphatic heterocycles. The lowest BCUT2D eigenvalue weighted by molar-refractivity contribution is -0.309. The average molecular weight is 394 g/mol. The third kappa shape index (κ3) is 3.19. The van der Waals surface area contributed by atoms with E-state index in [4.69, 9.17) is 23.7 Å². The van der Waals surface area contributed by atoms with Crippen LogP contribution in [0.2, 0.25) is 0 Å². The minimum absolute atomic E-state index is 0.0749. The molecule has 1 aromatic rings. The van der Waals surface area contributed by atoms with Gasteiger partial charge in [-0.15, -0.1) is 0 Å². The summed E-state index contributed by atoms with van der Waals surface area (Å²) in [5.74, 6) is -0.795. The van der Waals surface area contributed by atoms with Crippen LogP contribution in [0.1, 0.15) is 30.6 Å². The van der Waals surface area contributed by atoms with E-state index >= 15 is 0 Å². The van der Waals surface area contributed by atoms with Gasteiger partial charge in [0, 0.05) is 25.6 Å². The van der Waals surface area contributed by atoms with Crippen molar-refractivity contribution in [2.75, 3.05) is 19.8 Å². The molecule has 1 aromatic carbocycles. The van der Waals surface area contributed by atoms with Crippen molar-refractivity contribution in [2.45, 2.75) is 50.7 Å². The first-order valence-electron chi connectivity index (χ1n) is 9.71. The maximum atomic E-state index is 12.6. The number of ether oxygens (including phenoxy) is 5. The Kier molecular flexibility index (Phi) is 5.32. The van der Waals surface area contributed by atoms with Gasteiger partial charge in [0.2, 0.25) is 0 Å². The molecule has 0 aromatic heterocycles. The van der Waals surface area contributed by atoms with Crippen LogP contribution < -0.4 is 0 Å². The summed E-state index contributed by atoms with van der Waals surface area (Å²) in [6.07, 6.45) is -1.48. The van der Waals surface area contributed by atoms with Crippen LogP contribution in [0.5, 0.6) is 5.75 Å². The van der Waals surface area contributed by atoms with Crippen molar-refractivity contribution in [3.05, 3.63) is 29.8 Å². The van der Waals surface area contributed by atoms with Crippen molar-refractivity contribution in [1.29, 1.82) is 0 Å². The monoisotopic (exact) mass is 394 g/mol. The number of esters is 1. The van der Waals surface area contributed by atoms with E-state index in [1.165, 1.54) is 24.3 Å². The van der Waals surface area contributed by atoms with Crippen LogP contribution in [-0.4, -0.2) is 66.4 Å². The van der Waals surface area contributed by atoms with Crippen molar-refractivity contribution in [3.63, 3.8) is 0 Å². The second kappa shape index (κ2) is 7.61. The molecular weight excluding hydrogens is 368 g/mol. The second-order valence-electron chi connectivity index (χ2n) is 7.34. The number of aromatic hydroxyl groups is 1. The number of phenols is 1. The van der Waals surface area contributed by atoms with Crippen LogP contribution in [0.4, 0.5) is 0 Å². The molecule has 8 nitrogen and oxygen atoms in total. The Labute approximate surface area is 163 Å². The molecule has 3 aliphatic rings. The van der Waals surface area contributed by atoms with Gasteiger partial charge in [0.25, 0.3) is 0 Å². The molecule has 2 N–H and O–H groups in total. The molecule has 0 amide bonds. The van der Waals surface area contributed by atoms with Crippen LogP contribution in [0, 0.1) is 11.8 Å². The van der Waals surface area contributed by atoms with Gasteiger partial charge in [0.1, 0.15) is 23.6 Å². The number of fused-ring (bicyclic) bond motifs is 3. The largest absolute Gasteiger partial charge is 0.508 e. The average Bonchev–Trinajstić information content (AvgIpc) is 3.36. The third-order valence-corrected chi connectivity index (χ3v) is 5.84. The molecule has 0 bridgehead atoms. The van der Waals surface area contributed by atoms with Gasteiger partial charge in [-0.3, -0.25) is 0 Å². The Bertz CT molecular complexity index is 707. The summed E-state index contributed by atoms with van der Waals surface area (Å²) in [6, 6.07) is 5.88. The molecule has 0 radical (unpaired) electrons. The summed E-state index contributed by atoms with van der Waals surface area (Å²) in [5.41, 5.74) is -0.479. The van der Waals surface area contributed by atoms with Gasteiger partial charge in [-0.25, -0.2) is 4.79 Å². The van der Waals surface area contributed by atoms with Crippen molar-refractivity contribution < 1.29 is 38.7 Å². The second-order valence-corrected chi connectivity index (χ2v) is 7.34. The number of epoxide rings is 1. The van der Waals surface area contributed by atoms with Crippen molar-refractivity contribution >= 4 is 5.97 Å². The van der Waals surface area contributed by atoms with Gasteiger partial charge in [0.15, 0.2) is 12.6 Å². The van der Waals surface area contributed by atoms with Crippen LogP contribution in [0.25, 0.3) is 0 Å². The first-order chi connectivity index (χ1) is 13.5. The summed E-state index contributed by atoms with van der Waals surface area (Å²) in [6.45, 7) is 4.49. The van der Waals surface area contributed by atoms with Crippen molar-refractivity contribution in [2.24, 2.45) is 11.8 Å². The minimum atomic E-state index is -0.818. The molecule has 0 unspecified atom stereocenters. The standard InChI is InChI=1S/C20H26O8/c1-3-24-14-9-13-15(19(26-14)25-4-2)20(10-21)17(28-20)16(13)27-18(23)11-5-7-12(22)8-6-11/h5-8,13-17,19,21-22H,3-4,9-10H2,1-2H3/t13-,14+,15-,16+,17+,19+,20-/m1/s1. The van der Waals surface area contributed by atoms with Gasteiger partial charge in [0.05, 0.1) is 18.1 Å². The molecule has 3 fully saturated rings. The van der Waals surface area contributed by atoms with Crippen LogP contribution >= 0.6 is 0 Å². The summed E-state index contributed by atoms with van der Waals surface area (Å²) in [4.78, 5) is 12.6. The molecule has 1 aliphatic carbocycles. The zero-order valence-corrected chi connectivity index (χ0v) is 15.9. The molecule has 1 saturated carbocycles. The molecule has 0 spiro atoms. The molecule has 4 rings (SSSR count). The lowest BCUT2D eigenvalue weighted by atomic mass is 9.82. The van der Waals surface area contributed by atoms with Gasteiger partial charge in [-0.1, -0.05) is 0 Å². The Morgan fingerprint density at radius 1 is 1.21 bits per heavy atom. The molecule has 7 atom stereocenters. The van der Waals surface area contributed by atoms with Crippen LogP contribution in [0.3, 0.4) is 0 Å². The Morgan fingerprint density at radius 3 is 2.57 bits per heavy atom. The highest BCUT2D eigenvalue weighted by Crippen LogP contribution is 2.61. The predicted molar refractivity (Wildman–Crippen MR) is 95.5 cm³/mol. The number of hydrogen-bond donors (Lipinski definition) is 2. The quantitative estimate of drug-likeness (QED) is 0.529. The zero-order chi connectivity index (χ0) is 19.9. The molecular formula is C20H26O8. The van der Waals surface area contributed by atoms with Gasteiger partial charge in [-0.2, -0.15) is 0 Å². The van der Waals surface area contributed by atoms with E-state index in [0.717, 1.165) is 0 Å². The summed E-state index contributed by atoms with van der Waals surface area (Å²) in [5, 5.41) is 19.4. The number of carbonyl (C=O) groups excluding carboxylic acids is 1. The Balaban J connectivity index is 1.57. The fraction of sp³-hybridized carbons (Fsp3) is 0.650. The highest BCUT2D eigenvalue weighted by atomic mass is 16.8. The fourth-order valence-electron chi connectivity index (χ4n) is 4.60. The topological polar surface area (TPSA) is 107 Å². The fourth-order valence-corrected chi connectivity index (χ4v) is 4.60. The lowest BCUT2D eigenvalue weighted by Gasteiger charge is -2.42. The van der Waals surface area contributed by atoms with Crippen molar-refractivity contribution in [1.82, 2.24) is 0 Å². The van der Waals surface area contributed by atoms with E-state index in [9.17, 15) is 15.0 Å². The number of aliphatic hydroxyl groups excluding tert-OH is 1. The predicted octanol–water partition coefficient (Wildman–Crippen LogP) is 1.44. The highest BCUT2D eigenvalue weighted by molar-refractivity contribution is 5.89. The number of hydrogen-bond acceptors (Lipinski definition) is 8. The number of phenolic OH excluding ortho intramolecular Hbond substituents is 1. The minimum Gasteiger partial charge on any atom is -0.508 e. The maximum Gasteiger partial charge on any atom is 0.338 e. The zero-order valence-electron chi connectivity index (χ0n) is 15.9.